The topological polar surface area (TPSA) is 17.1 Å². The third-order valence-corrected chi connectivity index (χ3v) is 8.85. The number of allylic oxidation sites excluding steroid dienone is 1. The molecule has 0 spiro atoms. The Labute approximate surface area is 147 Å². The van der Waals surface area contributed by atoms with E-state index >= 15 is 0 Å². The highest BCUT2D eigenvalue weighted by atomic mass is 16.1. The number of hydrogen-bond donors (Lipinski definition) is 0. The quantitative estimate of drug-likeness (QED) is 0.609. The maximum atomic E-state index is 11.8. The molecule has 6 atom stereocenters. The summed E-state index contributed by atoms with van der Waals surface area (Å²) in [5.41, 5.74) is 2.03. The molecule has 0 N–H and O–H groups in total. The summed E-state index contributed by atoms with van der Waals surface area (Å²) in [6.45, 7) is 4.72. The van der Waals surface area contributed by atoms with Gasteiger partial charge >= 0.3 is 0 Å². The molecular weight excluding hydrogens is 292 g/mol. The molecule has 0 heterocycles. The van der Waals surface area contributed by atoms with Gasteiger partial charge in [0.25, 0.3) is 0 Å². The van der Waals surface area contributed by atoms with Crippen LogP contribution in [0.15, 0.2) is 11.6 Å². The van der Waals surface area contributed by atoms with Gasteiger partial charge in [-0.1, -0.05) is 25.3 Å². The molecule has 1 heteroatoms. The molecule has 3 fully saturated rings. The van der Waals surface area contributed by atoms with E-state index in [1.807, 2.05) is 6.08 Å². The fraction of sp³-hybridized carbons (Fsp3) is 0.783. The molecule has 0 aromatic carbocycles. The lowest BCUT2D eigenvalue weighted by Crippen LogP contribution is -2.50. The standard InChI is InChI=1S/C23H32O/c1-4-22(5-2)13-12-21-20-9-7-16-15-17(24)8-10-18(16)19(20)11-14-23(21,22)6-3/h1,15,18-21H,5-14H2,2-3H3/t18-,19+,20+,21-,22+,23-/m0/s1. The zero-order valence-corrected chi connectivity index (χ0v) is 15.4. The van der Waals surface area contributed by atoms with Crippen molar-refractivity contribution in [2.45, 2.75) is 78.1 Å². The Bertz CT molecular complexity index is 608. The second kappa shape index (κ2) is 5.76. The number of hydrogen-bond acceptors (Lipinski definition) is 1. The van der Waals surface area contributed by atoms with E-state index in [0.717, 1.165) is 37.0 Å². The summed E-state index contributed by atoms with van der Waals surface area (Å²) in [6.07, 6.45) is 20.2. The van der Waals surface area contributed by atoms with E-state index in [9.17, 15) is 4.79 Å². The summed E-state index contributed by atoms with van der Waals surface area (Å²) in [4.78, 5) is 11.8. The second-order valence-corrected chi connectivity index (χ2v) is 8.97. The molecule has 0 unspecified atom stereocenters. The van der Waals surface area contributed by atoms with Crippen LogP contribution in [0.3, 0.4) is 0 Å². The van der Waals surface area contributed by atoms with Crippen LogP contribution in [0.5, 0.6) is 0 Å². The van der Waals surface area contributed by atoms with Crippen LogP contribution in [0.2, 0.25) is 0 Å². The molecule has 4 aliphatic carbocycles. The second-order valence-electron chi connectivity index (χ2n) is 8.97. The zero-order chi connectivity index (χ0) is 16.9. The van der Waals surface area contributed by atoms with E-state index in [0.29, 0.717) is 17.1 Å². The molecule has 4 aliphatic rings. The molecule has 0 radical (unpaired) electrons. The van der Waals surface area contributed by atoms with Crippen LogP contribution in [-0.4, -0.2) is 5.78 Å². The molecule has 0 aromatic heterocycles. The number of carbonyl (C=O) groups is 1. The van der Waals surface area contributed by atoms with Crippen molar-refractivity contribution < 1.29 is 4.79 Å². The summed E-state index contributed by atoms with van der Waals surface area (Å²) >= 11 is 0. The lowest BCUT2D eigenvalue weighted by atomic mass is 9.47. The molecule has 0 aromatic rings. The van der Waals surface area contributed by atoms with Crippen molar-refractivity contribution in [1.29, 1.82) is 0 Å². The van der Waals surface area contributed by atoms with Crippen molar-refractivity contribution in [2.24, 2.45) is 34.5 Å². The Morgan fingerprint density at radius 2 is 1.92 bits per heavy atom. The van der Waals surface area contributed by atoms with E-state index in [2.05, 4.69) is 19.8 Å². The maximum Gasteiger partial charge on any atom is 0.155 e. The van der Waals surface area contributed by atoms with Gasteiger partial charge in [0.15, 0.2) is 5.78 Å². The van der Waals surface area contributed by atoms with Crippen molar-refractivity contribution in [3.63, 3.8) is 0 Å². The SMILES string of the molecule is C#C[C@@]1(CC)CC[C@H]2[C@@H]3CCC4=CC(=O)CC[C@@H]4[C@H]3CC[C@@]21CC. The first-order valence-corrected chi connectivity index (χ1v) is 10.3. The van der Waals surface area contributed by atoms with Gasteiger partial charge in [-0.25, -0.2) is 0 Å². The minimum absolute atomic E-state index is 0.149. The third kappa shape index (κ3) is 1.98. The van der Waals surface area contributed by atoms with Crippen LogP contribution >= 0.6 is 0 Å². The normalized spacial score (nSPS) is 47.2. The van der Waals surface area contributed by atoms with E-state index in [-0.39, 0.29) is 5.41 Å². The van der Waals surface area contributed by atoms with Gasteiger partial charge < -0.3 is 0 Å². The van der Waals surface area contributed by atoms with Crippen molar-refractivity contribution >= 4 is 5.78 Å². The minimum Gasteiger partial charge on any atom is -0.295 e. The largest absolute Gasteiger partial charge is 0.295 e. The third-order valence-electron chi connectivity index (χ3n) is 8.85. The average Bonchev–Trinajstić information content (AvgIpc) is 2.96. The number of terminal acetylenes is 1. The number of rotatable bonds is 2. The minimum atomic E-state index is 0.149. The molecule has 4 rings (SSSR count). The van der Waals surface area contributed by atoms with Gasteiger partial charge in [0, 0.05) is 11.8 Å². The monoisotopic (exact) mass is 324 g/mol. The summed E-state index contributed by atoms with van der Waals surface area (Å²) in [5.74, 6) is 6.91. The van der Waals surface area contributed by atoms with Gasteiger partial charge in [0.1, 0.15) is 0 Å². The van der Waals surface area contributed by atoms with E-state index in [1.165, 1.54) is 50.5 Å². The molecule has 0 amide bonds. The Balaban J connectivity index is 1.68. The molecule has 1 nitrogen and oxygen atoms in total. The van der Waals surface area contributed by atoms with Gasteiger partial charge in [-0.2, -0.15) is 0 Å². The summed E-state index contributed by atoms with van der Waals surface area (Å²) < 4.78 is 0. The zero-order valence-electron chi connectivity index (χ0n) is 15.4. The average molecular weight is 325 g/mol. The predicted octanol–water partition coefficient (Wildman–Crippen LogP) is 5.55. The highest BCUT2D eigenvalue weighted by Crippen LogP contribution is 2.69. The summed E-state index contributed by atoms with van der Waals surface area (Å²) in [6, 6.07) is 0. The molecule has 130 valence electrons. The molecule has 0 aliphatic heterocycles. The Morgan fingerprint density at radius 3 is 2.62 bits per heavy atom. The predicted molar refractivity (Wildman–Crippen MR) is 98.3 cm³/mol. The van der Waals surface area contributed by atoms with Gasteiger partial charge in [-0.3, -0.25) is 4.79 Å². The van der Waals surface area contributed by atoms with Crippen LogP contribution in [0, 0.1) is 46.8 Å². The van der Waals surface area contributed by atoms with E-state index in [4.69, 9.17) is 6.42 Å². The summed E-state index contributed by atoms with van der Waals surface area (Å²) in [7, 11) is 0. The maximum absolute atomic E-state index is 11.8. The lowest BCUT2D eigenvalue weighted by Gasteiger charge is -2.57. The summed E-state index contributed by atoms with van der Waals surface area (Å²) in [5, 5.41) is 0. The molecule has 24 heavy (non-hydrogen) atoms. The fourth-order valence-corrected chi connectivity index (χ4v) is 7.76. The van der Waals surface area contributed by atoms with Crippen molar-refractivity contribution in [3.05, 3.63) is 11.6 Å². The Hall–Kier alpha value is -1.03. The number of carbonyl (C=O) groups excluding carboxylic acids is 1. The van der Waals surface area contributed by atoms with E-state index in [1.54, 1.807) is 0 Å². The highest BCUT2D eigenvalue weighted by Gasteiger charge is 2.62. The van der Waals surface area contributed by atoms with Crippen LogP contribution in [0.25, 0.3) is 0 Å². The molecule has 0 bridgehead atoms. The number of ketones is 1. The highest BCUT2D eigenvalue weighted by molar-refractivity contribution is 5.91. The van der Waals surface area contributed by atoms with Gasteiger partial charge in [0.2, 0.25) is 0 Å². The van der Waals surface area contributed by atoms with Gasteiger partial charge in [-0.15, -0.1) is 6.42 Å². The van der Waals surface area contributed by atoms with E-state index < -0.39 is 0 Å². The number of fused-ring (bicyclic) bond motifs is 5. The lowest BCUT2D eigenvalue weighted by molar-refractivity contribution is -0.116. The van der Waals surface area contributed by atoms with Crippen LogP contribution in [-0.2, 0) is 4.79 Å². The van der Waals surface area contributed by atoms with Gasteiger partial charge in [0.05, 0.1) is 0 Å². The van der Waals surface area contributed by atoms with Crippen molar-refractivity contribution in [2.75, 3.05) is 0 Å². The van der Waals surface area contributed by atoms with Crippen molar-refractivity contribution in [1.82, 2.24) is 0 Å². The molecule has 3 saturated carbocycles. The first-order valence-electron chi connectivity index (χ1n) is 10.3. The van der Waals surface area contributed by atoms with Crippen LogP contribution in [0.1, 0.15) is 78.1 Å². The van der Waals surface area contributed by atoms with Crippen molar-refractivity contribution in [3.8, 4) is 12.3 Å². The first-order chi connectivity index (χ1) is 11.6. The molecule has 0 saturated heterocycles. The molecular formula is C23H32O. The van der Waals surface area contributed by atoms with Gasteiger partial charge in [-0.05, 0) is 93.0 Å². The van der Waals surface area contributed by atoms with Crippen LogP contribution < -0.4 is 0 Å². The smallest absolute Gasteiger partial charge is 0.155 e. The first kappa shape index (κ1) is 16.4. The van der Waals surface area contributed by atoms with Crippen LogP contribution in [0.4, 0.5) is 0 Å². The Kier molecular flexibility index (Phi) is 3.94. The Morgan fingerprint density at radius 1 is 1.08 bits per heavy atom. The fourth-order valence-electron chi connectivity index (χ4n) is 7.76.